The zero-order valence-electron chi connectivity index (χ0n) is 10.3. The van der Waals surface area contributed by atoms with Crippen LogP contribution < -0.4 is 10.6 Å². The minimum Gasteiger partial charge on any atom is -0.444 e. The van der Waals surface area contributed by atoms with Gasteiger partial charge in [-0.05, 0) is 23.9 Å². The van der Waals surface area contributed by atoms with E-state index in [1.807, 2.05) is 11.8 Å². The third kappa shape index (κ3) is 3.11. The summed E-state index contributed by atoms with van der Waals surface area (Å²) in [6.45, 7) is 3.06. The van der Waals surface area contributed by atoms with Crippen molar-refractivity contribution in [3.63, 3.8) is 0 Å². The normalized spacial score (nSPS) is 23.1. The summed E-state index contributed by atoms with van der Waals surface area (Å²) in [6.07, 6.45) is 0.774. The van der Waals surface area contributed by atoms with Crippen LogP contribution in [0.15, 0.2) is 6.20 Å². The van der Waals surface area contributed by atoms with Gasteiger partial charge in [0.15, 0.2) is 5.00 Å². The van der Waals surface area contributed by atoms with Crippen LogP contribution in [0.3, 0.4) is 0 Å². The molecule has 0 saturated carbocycles. The van der Waals surface area contributed by atoms with Gasteiger partial charge in [-0.3, -0.25) is 10.1 Å². The molecule has 1 amide bonds. The highest BCUT2D eigenvalue weighted by Gasteiger charge is 2.31. The number of carbonyl (C=O) groups excluding carboxylic acids is 1. The zero-order chi connectivity index (χ0) is 14.0. The van der Waals surface area contributed by atoms with Gasteiger partial charge in [0.2, 0.25) is 0 Å². The molecule has 2 atom stereocenters. The number of aromatic nitrogens is 1. The maximum atomic E-state index is 10.9. The quantitative estimate of drug-likeness (QED) is 0.663. The molecule has 0 aromatic carbocycles. The van der Waals surface area contributed by atoms with Gasteiger partial charge in [-0.2, -0.15) is 4.37 Å². The Morgan fingerprint density at radius 1 is 1.68 bits per heavy atom. The van der Waals surface area contributed by atoms with Crippen molar-refractivity contribution in [3.8, 4) is 0 Å². The maximum Gasteiger partial charge on any atom is 0.404 e. The van der Waals surface area contributed by atoms with Crippen molar-refractivity contribution in [1.82, 2.24) is 4.37 Å². The van der Waals surface area contributed by atoms with Crippen molar-refractivity contribution in [2.75, 3.05) is 18.0 Å². The van der Waals surface area contributed by atoms with Gasteiger partial charge in [0.05, 0.1) is 11.5 Å². The second-order valence-electron chi connectivity index (χ2n) is 4.58. The molecule has 0 unspecified atom stereocenters. The van der Waals surface area contributed by atoms with Crippen molar-refractivity contribution in [1.29, 1.82) is 0 Å². The lowest BCUT2D eigenvalue weighted by Crippen LogP contribution is -2.44. The van der Waals surface area contributed by atoms with E-state index in [2.05, 4.69) is 4.37 Å². The Balaban J connectivity index is 2.16. The molecular weight excluding hydrogens is 272 g/mol. The van der Waals surface area contributed by atoms with E-state index in [-0.39, 0.29) is 17.7 Å². The van der Waals surface area contributed by atoms with Crippen LogP contribution in [0.1, 0.15) is 13.3 Å². The first-order valence-electron chi connectivity index (χ1n) is 5.77. The fraction of sp³-hybridized carbons (Fsp3) is 0.600. The SMILES string of the molecule is C[C@@H]1C[C@H](OC(N)=O)CN(c2sncc2[N+](=O)[O-])C1. The maximum absolute atomic E-state index is 10.9. The Morgan fingerprint density at radius 3 is 3.05 bits per heavy atom. The first kappa shape index (κ1) is 13.5. The predicted molar refractivity (Wildman–Crippen MR) is 69.2 cm³/mol. The monoisotopic (exact) mass is 286 g/mol. The Labute approximate surface area is 113 Å². The number of anilines is 1. The molecule has 9 heteroatoms. The summed E-state index contributed by atoms with van der Waals surface area (Å²) in [6, 6.07) is 0. The van der Waals surface area contributed by atoms with Gasteiger partial charge < -0.3 is 15.4 Å². The summed E-state index contributed by atoms with van der Waals surface area (Å²) < 4.78 is 8.86. The lowest BCUT2D eigenvalue weighted by atomic mass is 9.98. The number of ether oxygens (including phenoxy) is 1. The highest BCUT2D eigenvalue weighted by atomic mass is 32.1. The Hall–Kier alpha value is -1.90. The lowest BCUT2D eigenvalue weighted by molar-refractivity contribution is -0.384. The molecule has 2 rings (SSSR count). The van der Waals surface area contributed by atoms with E-state index in [9.17, 15) is 14.9 Å². The molecule has 0 bridgehead atoms. The van der Waals surface area contributed by atoms with E-state index in [1.54, 1.807) is 0 Å². The molecule has 1 aromatic rings. The molecular formula is C10H14N4O4S. The van der Waals surface area contributed by atoms with E-state index in [1.165, 1.54) is 6.20 Å². The van der Waals surface area contributed by atoms with E-state index >= 15 is 0 Å². The van der Waals surface area contributed by atoms with Gasteiger partial charge in [-0.1, -0.05) is 6.92 Å². The van der Waals surface area contributed by atoms with Crippen LogP contribution in [-0.4, -0.2) is 34.6 Å². The summed E-state index contributed by atoms with van der Waals surface area (Å²) >= 11 is 1.07. The van der Waals surface area contributed by atoms with E-state index in [4.69, 9.17) is 10.5 Å². The molecule has 1 fully saturated rings. The number of carbonyl (C=O) groups is 1. The van der Waals surface area contributed by atoms with Gasteiger partial charge in [0.1, 0.15) is 12.3 Å². The molecule has 8 nitrogen and oxygen atoms in total. The number of primary amides is 1. The Bertz CT molecular complexity index is 492. The Morgan fingerprint density at radius 2 is 2.42 bits per heavy atom. The predicted octanol–water partition coefficient (Wildman–Crippen LogP) is 1.36. The van der Waals surface area contributed by atoms with Crippen LogP contribution >= 0.6 is 11.5 Å². The molecule has 2 heterocycles. The number of hydrogen-bond acceptors (Lipinski definition) is 7. The molecule has 1 aliphatic heterocycles. The topological polar surface area (TPSA) is 112 Å². The smallest absolute Gasteiger partial charge is 0.404 e. The second kappa shape index (κ2) is 5.39. The molecule has 1 saturated heterocycles. The van der Waals surface area contributed by atoms with Gasteiger partial charge in [0.25, 0.3) is 0 Å². The average Bonchev–Trinajstić information content (AvgIpc) is 2.75. The zero-order valence-corrected chi connectivity index (χ0v) is 11.1. The molecule has 104 valence electrons. The molecule has 0 radical (unpaired) electrons. The van der Waals surface area contributed by atoms with Gasteiger partial charge in [-0.15, -0.1) is 0 Å². The highest BCUT2D eigenvalue weighted by molar-refractivity contribution is 7.10. The molecule has 2 N–H and O–H groups in total. The molecule has 0 aliphatic carbocycles. The van der Waals surface area contributed by atoms with Gasteiger partial charge in [0, 0.05) is 6.54 Å². The largest absolute Gasteiger partial charge is 0.444 e. The fourth-order valence-corrected chi connectivity index (χ4v) is 3.02. The van der Waals surface area contributed by atoms with Crippen LogP contribution in [0, 0.1) is 16.0 Å². The van der Waals surface area contributed by atoms with Crippen molar-refractivity contribution >= 4 is 28.3 Å². The van der Waals surface area contributed by atoms with Crippen molar-refractivity contribution < 1.29 is 14.5 Å². The van der Waals surface area contributed by atoms with Gasteiger partial charge in [-0.25, -0.2) is 4.79 Å². The third-order valence-electron chi connectivity index (χ3n) is 2.92. The standard InChI is InChI=1S/C10H14N4O4S/c1-6-2-7(18-10(11)15)5-13(4-6)9-8(14(16)17)3-12-19-9/h3,6-7H,2,4-5H2,1H3,(H2,11,15)/t6-,7+/m1/s1. The first-order chi connectivity index (χ1) is 8.97. The molecule has 1 aliphatic rings. The number of nitrogens with zero attached hydrogens (tertiary/aromatic N) is 3. The first-order valence-corrected chi connectivity index (χ1v) is 6.54. The molecule has 1 aromatic heterocycles. The third-order valence-corrected chi connectivity index (χ3v) is 3.77. The minimum atomic E-state index is -0.821. The van der Waals surface area contributed by atoms with Crippen molar-refractivity contribution in [2.45, 2.75) is 19.4 Å². The van der Waals surface area contributed by atoms with E-state index in [0.29, 0.717) is 24.5 Å². The Kier molecular flexibility index (Phi) is 3.84. The minimum absolute atomic E-state index is 0.0167. The summed E-state index contributed by atoms with van der Waals surface area (Å²) in [5.41, 5.74) is 5.00. The summed E-state index contributed by atoms with van der Waals surface area (Å²) in [5.74, 6) is 0.250. The average molecular weight is 286 g/mol. The second-order valence-corrected chi connectivity index (χ2v) is 5.36. The van der Waals surface area contributed by atoms with Crippen LogP contribution in [0.5, 0.6) is 0 Å². The highest BCUT2D eigenvalue weighted by Crippen LogP contribution is 2.35. The van der Waals surface area contributed by atoms with Crippen LogP contribution in [-0.2, 0) is 4.74 Å². The lowest BCUT2D eigenvalue weighted by Gasteiger charge is -2.35. The van der Waals surface area contributed by atoms with E-state index in [0.717, 1.165) is 11.5 Å². The number of amides is 1. The number of rotatable bonds is 3. The molecule has 19 heavy (non-hydrogen) atoms. The number of piperidine rings is 1. The summed E-state index contributed by atoms with van der Waals surface area (Å²) in [5, 5.41) is 11.4. The van der Waals surface area contributed by atoms with Gasteiger partial charge >= 0.3 is 11.8 Å². The molecule has 0 spiro atoms. The number of nitro groups is 1. The fourth-order valence-electron chi connectivity index (χ4n) is 2.28. The van der Waals surface area contributed by atoms with Crippen LogP contribution in [0.25, 0.3) is 0 Å². The summed E-state index contributed by atoms with van der Waals surface area (Å²) in [4.78, 5) is 23.1. The number of hydrogen-bond donors (Lipinski definition) is 1. The summed E-state index contributed by atoms with van der Waals surface area (Å²) in [7, 11) is 0. The van der Waals surface area contributed by atoms with Crippen molar-refractivity contribution in [3.05, 3.63) is 16.3 Å². The van der Waals surface area contributed by atoms with Crippen molar-refractivity contribution in [2.24, 2.45) is 11.7 Å². The van der Waals surface area contributed by atoms with E-state index < -0.39 is 11.0 Å². The van der Waals surface area contributed by atoms with Crippen LogP contribution in [0.2, 0.25) is 0 Å². The number of nitrogens with two attached hydrogens (primary N) is 1. The van der Waals surface area contributed by atoms with Crippen LogP contribution in [0.4, 0.5) is 15.5 Å².